The molecule has 5 heteroatoms. The second-order valence-corrected chi connectivity index (χ2v) is 6.10. The molecule has 5 nitrogen and oxygen atoms in total. The Morgan fingerprint density at radius 3 is 2.62 bits per heavy atom. The average Bonchev–Trinajstić information content (AvgIpc) is 3.21. The van der Waals surface area contributed by atoms with Gasteiger partial charge in [0, 0.05) is 18.6 Å². The molecule has 1 amide bonds. The zero-order valence-electron chi connectivity index (χ0n) is 12.0. The minimum atomic E-state index is 0.117. The van der Waals surface area contributed by atoms with E-state index in [-0.39, 0.29) is 12.7 Å². The van der Waals surface area contributed by atoms with Crippen LogP contribution in [0.1, 0.15) is 31.2 Å². The molecule has 0 saturated carbocycles. The van der Waals surface area contributed by atoms with Crippen LogP contribution in [0.15, 0.2) is 18.2 Å². The van der Waals surface area contributed by atoms with Crippen LogP contribution in [0.3, 0.4) is 0 Å². The van der Waals surface area contributed by atoms with Crippen LogP contribution in [0.25, 0.3) is 0 Å². The molecule has 0 aromatic heterocycles. The Morgan fingerprint density at radius 1 is 1.14 bits per heavy atom. The third-order valence-corrected chi connectivity index (χ3v) is 4.86. The summed E-state index contributed by atoms with van der Waals surface area (Å²) in [5, 5.41) is 3.01. The Kier molecular flexibility index (Phi) is 3.22. The summed E-state index contributed by atoms with van der Waals surface area (Å²) in [4.78, 5) is 14.5. The molecule has 0 aliphatic carbocycles. The second kappa shape index (κ2) is 5.22. The molecule has 112 valence electrons. The van der Waals surface area contributed by atoms with Crippen LogP contribution in [0, 0.1) is 0 Å². The van der Waals surface area contributed by atoms with Gasteiger partial charge in [-0.15, -0.1) is 0 Å². The van der Waals surface area contributed by atoms with Crippen molar-refractivity contribution in [2.45, 2.75) is 44.3 Å². The molecule has 1 aromatic rings. The lowest BCUT2D eigenvalue weighted by molar-refractivity contribution is -0.122. The summed E-state index contributed by atoms with van der Waals surface area (Å²) in [6.07, 6.45) is 5.06. The van der Waals surface area contributed by atoms with Crippen LogP contribution in [-0.4, -0.2) is 36.2 Å². The predicted molar refractivity (Wildman–Crippen MR) is 77.2 cm³/mol. The molecule has 2 saturated heterocycles. The van der Waals surface area contributed by atoms with Crippen molar-refractivity contribution >= 4 is 5.91 Å². The van der Waals surface area contributed by atoms with Crippen molar-refractivity contribution in [3.63, 3.8) is 0 Å². The number of ether oxygens (including phenoxy) is 2. The van der Waals surface area contributed by atoms with E-state index in [0.717, 1.165) is 17.1 Å². The summed E-state index contributed by atoms with van der Waals surface area (Å²) in [6.45, 7) is 1.36. The fourth-order valence-corrected chi connectivity index (χ4v) is 3.75. The minimum absolute atomic E-state index is 0.117. The van der Waals surface area contributed by atoms with Gasteiger partial charge in [0.25, 0.3) is 0 Å². The summed E-state index contributed by atoms with van der Waals surface area (Å²) in [6, 6.07) is 7.08. The van der Waals surface area contributed by atoms with Crippen LogP contribution < -0.4 is 14.8 Å². The Bertz CT molecular complexity index is 540. The van der Waals surface area contributed by atoms with Gasteiger partial charge in [-0.2, -0.15) is 0 Å². The highest BCUT2D eigenvalue weighted by Crippen LogP contribution is 2.36. The number of carbonyl (C=O) groups is 1. The normalized spacial score (nSPS) is 26.3. The molecule has 0 radical (unpaired) electrons. The van der Waals surface area contributed by atoms with E-state index < -0.39 is 0 Å². The molecule has 1 aromatic carbocycles. The number of rotatable bonds is 4. The summed E-state index contributed by atoms with van der Waals surface area (Å²) < 4.78 is 10.6. The lowest BCUT2D eigenvalue weighted by Gasteiger charge is -2.20. The molecule has 3 aliphatic heterocycles. The molecule has 0 atom stereocenters. The van der Waals surface area contributed by atoms with E-state index in [4.69, 9.17) is 9.47 Å². The standard InChI is InChI=1S/C16H20N2O3/c19-16(9-18-12-2-3-13(18)5-4-12)17-8-11-1-6-14-15(7-11)21-10-20-14/h1,6-7,12-13H,2-5,8-10H2,(H,17,19). The number of nitrogens with zero attached hydrogens (tertiary/aromatic N) is 1. The molecule has 3 heterocycles. The van der Waals surface area contributed by atoms with Gasteiger partial charge in [-0.05, 0) is 43.4 Å². The van der Waals surface area contributed by atoms with E-state index in [2.05, 4.69) is 10.2 Å². The van der Waals surface area contributed by atoms with Gasteiger partial charge in [-0.1, -0.05) is 6.07 Å². The first-order valence-electron chi connectivity index (χ1n) is 7.70. The molecule has 21 heavy (non-hydrogen) atoms. The minimum Gasteiger partial charge on any atom is -0.454 e. The summed E-state index contributed by atoms with van der Waals surface area (Å²) in [7, 11) is 0. The first-order valence-corrected chi connectivity index (χ1v) is 7.70. The van der Waals surface area contributed by atoms with Crippen molar-refractivity contribution < 1.29 is 14.3 Å². The SMILES string of the molecule is O=C(CN1C2CCC1CC2)NCc1ccc2c(c1)OCO2. The highest BCUT2D eigenvalue weighted by Gasteiger charge is 2.39. The molecule has 0 spiro atoms. The van der Waals surface area contributed by atoms with E-state index in [1.807, 2.05) is 18.2 Å². The van der Waals surface area contributed by atoms with Crippen molar-refractivity contribution in [1.82, 2.24) is 10.2 Å². The summed E-state index contributed by atoms with van der Waals surface area (Å²) >= 11 is 0. The zero-order chi connectivity index (χ0) is 14.2. The van der Waals surface area contributed by atoms with Crippen LogP contribution in [-0.2, 0) is 11.3 Å². The van der Waals surface area contributed by atoms with E-state index in [1.54, 1.807) is 0 Å². The summed E-state index contributed by atoms with van der Waals surface area (Å²) in [5.74, 6) is 1.66. The van der Waals surface area contributed by atoms with Crippen LogP contribution in [0.4, 0.5) is 0 Å². The molecule has 4 rings (SSSR count). The van der Waals surface area contributed by atoms with Gasteiger partial charge >= 0.3 is 0 Å². The van der Waals surface area contributed by atoms with Crippen molar-refractivity contribution in [2.24, 2.45) is 0 Å². The van der Waals surface area contributed by atoms with Crippen LogP contribution >= 0.6 is 0 Å². The maximum Gasteiger partial charge on any atom is 0.234 e. The average molecular weight is 288 g/mol. The van der Waals surface area contributed by atoms with Crippen molar-refractivity contribution in [3.8, 4) is 11.5 Å². The van der Waals surface area contributed by atoms with E-state index >= 15 is 0 Å². The zero-order valence-corrected chi connectivity index (χ0v) is 12.0. The van der Waals surface area contributed by atoms with Gasteiger partial charge in [0.2, 0.25) is 12.7 Å². The number of amides is 1. The van der Waals surface area contributed by atoms with E-state index in [1.165, 1.54) is 25.7 Å². The predicted octanol–water partition coefficient (Wildman–Crippen LogP) is 1.66. The maximum absolute atomic E-state index is 12.1. The number of fused-ring (bicyclic) bond motifs is 3. The molecule has 2 bridgehead atoms. The Hall–Kier alpha value is -1.75. The highest BCUT2D eigenvalue weighted by atomic mass is 16.7. The van der Waals surface area contributed by atoms with Crippen molar-refractivity contribution in [1.29, 1.82) is 0 Å². The van der Waals surface area contributed by atoms with Crippen molar-refractivity contribution in [2.75, 3.05) is 13.3 Å². The quantitative estimate of drug-likeness (QED) is 0.915. The maximum atomic E-state index is 12.1. The Balaban J connectivity index is 1.31. The number of carbonyl (C=O) groups excluding carboxylic acids is 1. The van der Waals surface area contributed by atoms with Gasteiger partial charge < -0.3 is 14.8 Å². The number of hydrogen-bond donors (Lipinski definition) is 1. The molecule has 2 fully saturated rings. The second-order valence-electron chi connectivity index (χ2n) is 6.10. The van der Waals surface area contributed by atoms with Crippen LogP contribution in [0.2, 0.25) is 0 Å². The lowest BCUT2D eigenvalue weighted by Crippen LogP contribution is -2.39. The van der Waals surface area contributed by atoms with E-state index in [0.29, 0.717) is 25.2 Å². The Labute approximate surface area is 124 Å². The van der Waals surface area contributed by atoms with Gasteiger partial charge in [-0.3, -0.25) is 9.69 Å². The van der Waals surface area contributed by atoms with Gasteiger partial charge in [0.05, 0.1) is 6.54 Å². The van der Waals surface area contributed by atoms with Crippen LogP contribution in [0.5, 0.6) is 11.5 Å². The van der Waals surface area contributed by atoms with Gasteiger partial charge in [-0.25, -0.2) is 0 Å². The first kappa shape index (κ1) is 13.0. The first-order chi connectivity index (χ1) is 10.3. The largest absolute Gasteiger partial charge is 0.454 e. The topological polar surface area (TPSA) is 50.8 Å². The monoisotopic (exact) mass is 288 g/mol. The van der Waals surface area contributed by atoms with E-state index in [9.17, 15) is 4.79 Å². The molecular weight excluding hydrogens is 268 g/mol. The fourth-order valence-electron chi connectivity index (χ4n) is 3.75. The number of benzene rings is 1. The number of hydrogen-bond acceptors (Lipinski definition) is 4. The fraction of sp³-hybridized carbons (Fsp3) is 0.562. The lowest BCUT2D eigenvalue weighted by atomic mass is 10.0. The third kappa shape index (κ3) is 2.46. The third-order valence-electron chi connectivity index (χ3n) is 4.86. The van der Waals surface area contributed by atoms with Gasteiger partial charge in [0.15, 0.2) is 11.5 Å². The Morgan fingerprint density at radius 2 is 1.86 bits per heavy atom. The highest BCUT2D eigenvalue weighted by molar-refractivity contribution is 5.78. The smallest absolute Gasteiger partial charge is 0.234 e. The number of nitrogens with one attached hydrogen (secondary N) is 1. The molecule has 1 N–H and O–H groups in total. The molecule has 0 unspecified atom stereocenters. The molecular formula is C16H20N2O3. The summed E-state index contributed by atoms with van der Waals surface area (Å²) in [5.41, 5.74) is 1.04. The van der Waals surface area contributed by atoms with Crippen molar-refractivity contribution in [3.05, 3.63) is 23.8 Å². The molecule has 3 aliphatic rings. The van der Waals surface area contributed by atoms with Gasteiger partial charge in [0.1, 0.15) is 0 Å².